The first-order chi connectivity index (χ1) is 12.3. The zero-order valence-electron chi connectivity index (χ0n) is 15.5. The predicted molar refractivity (Wildman–Crippen MR) is 101 cm³/mol. The number of hydrogen-bond donors (Lipinski definition) is 1. The van der Waals surface area contributed by atoms with Crippen LogP contribution in [0.3, 0.4) is 0 Å². The monoisotopic (exact) mass is 372 g/mol. The van der Waals surface area contributed by atoms with Crippen molar-refractivity contribution in [3.05, 3.63) is 62.8 Å². The van der Waals surface area contributed by atoms with Crippen LogP contribution in [0.5, 0.6) is 0 Å². The molecule has 2 heterocycles. The molecule has 0 atom stereocenters. The average Bonchev–Trinajstić information content (AvgIpc) is 3.03. The molecule has 0 spiro atoms. The molecule has 7 heteroatoms. The van der Waals surface area contributed by atoms with E-state index in [1.54, 1.807) is 11.6 Å². The fraction of sp³-hybridized carbons (Fsp3) is 0.316. The van der Waals surface area contributed by atoms with Gasteiger partial charge in [-0.25, -0.2) is 0 Å². The summed E-state index contributed by atoms with van der Waals surface area (Å²) >= 11 is 6.22. The van der Waals surface area contributed by atoms with Gasteiger partial charge in [0.05, 0.1) is 23.0 Å². The molecule has 0 bridgehead atoms. The quantitative estimate of drug-likeness (QED) is 0.738. The Morgan fingerprint density at radius 1 is 1.15 bits per heavy atom. The molecule has 0 aliphatic rings. The van der Waals surface area contributed by atoms with Crippen molar-refractivity contribution in [1.29, 1.82) is 0 Å². The number of hydrogen-bond acceptors (Lipinski definition) is 4. The lowest BCUT2D eigenvalue weighted by atomic mass is 10.1. The highest BCUT2D eigenvalue weighted by Crippen LogP contribution is 2.23. The Morgan fingerprint density at radius 3 is 2.38 bits per heavy atom. The maximum absolute atomic E-state index is 12.7. The summed E-state index contributed by atoms with van der Waals surface area (Å²) in [6.07, 6.45) is 0. The maximum atomic E-state index is 12.7. The van der Waals surface area contributed by atoms with Crippen molar-refractivity contribution in [3.63, 3.8) is 0 Å². The molecule has 1 N–H and O–H groups in total. The first kappa shape index (κ1) is 18.2. The van der Waals surface area contributed by atoms with Gasteiger partial charge >= 0.3 is 0 Å². The second-order valence-electron chi connectivity index (χ2n) is 6.54. The molecule has 3 aromatic rings. The smallest absolute Gasteiger partial charge is 0.278 e. The first-order valence-corrected chi connectivity index (χ1v) is 8.68. The van der Waals surface area contributed by atoms with Crippen LogP contribution in [0, 0.1) is 34.6 Å². The maximum Gasteiger partial charge on any atom is 0.278 e. The molecule has 1 aromatic carbocycles. The van der Waals surface area contributed by atoms with Gasteiger partial charge in [-0.05, 0) is 57.9 Å². The molecule has 3 rings (SSSR count). The summed E-state index contributed by atoms with van der Waals surface area (Å²) in [5.41, 5.74) is 5.42. The number of carbonyl (C=O) groups excluding carboxylic acids is 1. The third-order valence-electron chi connectivity index (χ3n) is 4.28. The summed E-state index contributed by atoms with van der Waals surface area (Å²) in [4.78, 5) is 12.7. The van der Waals surface area contributed by atoms with Crippen LogP contribution in [0.4, 0.5) is 5.69 Å². The van der Waals surface area contributed by atoms with Crippen LogP contribution in [0.2, 0.25) is 5.02 Å². The lowest BCUT2D eigenvalue weighted by molar-refractivity contribution is 0.101. The average molecular weight is 373 g/mol. The fourth-order valence-electron chi connectivity index (χ4n) is 2.97. The van der Waals surface area contributed by atoms with Crippen LogP contribution in [-0.4, -0.2) is 20.8 Å². The van der Waals surface area contributed by atoms with Crippen molar-refractivity contribution < 1.29 is 9.32 Å². The summed E-state index contributed by atoms with van der Waals surface area (Å²) in [6, 6.07) is 5.88. The number of halogens is 1. The van der Waals surface area contributed by atoms with Crippen LogP contribution in [0.25, 0.3) is 0 Å². The van der Waals surface area contributed by atoms with Gasteiger partial charge in [0.25, 0.3) is 5.91 Å². The van der Waals surface area contributed by atoms with E-state index < -0.39 is 0 Å². The van der Waals surface area contributed by atoms with E-state index >= 15 is 0 Å². The van der Waals surface area contributed by atoms with E-state index in [0.29, 0.717) is 22.9 Å². The minimum absolute atomic E-state index is 0.255. The Morgan fingerprint density at radius 2 is 1.81 bits per heavy atom. The molecule has 0 aliphatic heterocycles. The Hall–Kier alpha value is -2.60. The lowest BCUT2D eigenvalue weighted by Crippen LogP contribution is -2.16. The van der Waals surface area contributed by atoms with Gasteiger partial charge in [-0.15, -0.1) is 0 Å². The van der Waals surface area contributed by atoms with Crippen LogP contribution in [-0.2, 0) is 6.54 Å². The minimum Gasteiger partial charge on any atom is -0.361 e. The van der Waals surface area contributed by atoms with Gasteiger partial charge in [0.2, 0.25) is 0 Å². The SMILES string of the molecule is Cc1cc(C)cc(NC(=O)c2noc(C)c2Cn2nc(C)c(Cl)c2C)c1. The van der Waals surface area contributed by atoms with Crippen LogP contribution in [0.15, 0.2) is 22.7 Å². The number of anilines is 1. The molecule has 0 fully saturated rings. The summed E-state index contributed by atoms with van der Waals surface area (Å²) in [6.45, 7) is 9.86. The highest BCUT2D eigenvalue weighted by atomic mass is 35.5. The number of aromatic nitrogens is 3. The Kier molecular flexibility index (Phi) is 4.87. The fourth-order valence-corrected chi connectivity index (χ4v) is 3.11. The zero-order valence-corrected chi connectivity index (χ0v) is 16.2. The lowest BCUT2D eigenvalue weighted by Gasteiger charge is -2.08. The van der Waals surface area contributed by atoms with Crippen LogP contribution in [0.1, 0.15) is 44.3 Å². The van der Waals surface area contributed by atoms with Crippen molar-refractivity contribution in [2.45, 2.75) is 41.2 Å². The second-order valence-corrected chi connectivity index (χ2v) is 6.92. The van der Waals surface area contributed by atoms with E-state index in [1.807, 2.05) is 45.9 Å². The van der Waals surface area contributed by atoms with Crippen molar-refractivity contribution in [3.8, 4) is 0 Å². The first-order valence-electron chi connectivity index (χ1n) is 8.30. The number of nitrogens with zero attached hydrogens (tertiary/aromatic N) is 3. The number of benzene rings is 1. The normalized spacial score (nSPS) is 11.0. The van der Waals surface area contributed by atoms with E-state index in [-0.39, 0.29) is 11.6 Å². The molecule has 1 amide bonds. The molecule has 0 unspecified atom stereocenters. The molecular weight excluding hydrogens is 352 g/mol. The number of aryl methyl sites for hydroxylation is 4. The number of carbonyl (C=O) groups is 1. The van der Waals surface area contributed by atoms with Gasteiger partial charge in [0.15, 0.2) is 5.69 Å². The van der Waals surface area contributed by atoms with Gasteiger partial charge in [-0.1, -0.05) is 22.8 Å². The van der Waals surface area contributed by atoms with Crippen molar-refractivity contribution in [1.82, 2.24) is 14.9 Å². The molecule has 26 heavy (non-hydrogen) atoms. The van der Waals surface area contributed by atoms with Gasteiger partial charge in [-0.2, -0.15) is 5.10 Å². The molecule has 6 nitrogen and oxygen atoms in total. The molecule has 0 aliphatic carbocycles. The standard InChI is InChI=1S/C19H21ClN4O2/c1-10-6-11(2)8-15(7-10)21-19(25)18-16(14(5)26-23-18)9-24-13(4)17(20)12(3)22-24/h6-8H,9H2,1-5H3,(H,21,25). The van der Waals surface area contributed by atoms with E-state index in [2.05, 4.69) is 15.6 Å². The highest BCUT2D eigenvalue weighted by Gasteiger charge is 2.22. The van der Waals surface area contributed by atoms with Crippen molar-refractivity contribution >= 4 is 23.2 Å². The van der Waals surface area contributed by atoms with Gasteiger partial charge in [0, 0.05) is 11.3 Å². The number of nitrogens with one attached hydrogen (secondary N) is 1. The van der Waals surface area contributed by atoms with Gasteiger partial charge in [0.1, 0.15) is 5.76 Å². The largest absolute Gasteiger partial charge is 0.361 e. The Balaban J connectivity index is 1.89. The molecule has 0 saturated heterocycles. The van der Waals surface area contributed by atoms with Gasteiger partial charge < -0.3 is 9.84 Å². The second kappa shape index (κ2) is 6.96. The predicted octanol–water partition coefficient (Wildman–Crippen LogP) is 4.37. The highest BCUT2D eigenvalue weighted by molar-refractivity contribution is 6.31. The third kappa shape index (κ3) is 3.51. The van der Waals surface area contributed by atoms with Gasteiger partial charge in [-0.3, -0.25) is 9.48 Å². The summed E-state index contributed by atoms with van der Waals surface area (Å²) in [7, 11) is 0. The topological polar surface area (TPSA) is 73.0 Å². The van der Waals surface area contributed by atoms with E-state index in [0.717, 1.165) is 28.2 Å². The summed E-state index contributed by atoms with van der Waals surface area (Å²) < 4.78 is 7.02. The summed E-state index contributed by atoms with van der Waals surface area (Å²) in [5.74, 6) is 0.272. The Labute approximate surface area is 157 Å². The minimum atomic E-state index is -0.311. The third-order valence-corrected chi connectivity index (χ3v) is 4.83. The number of amides is 1. The summed E-state index contributed by atoms with van der Waals surface area (Å²) in [5, 5.41) is 11.9. The van der Waals surface area contributed by atoms with Crippen molar-refractivity contribution in [2.24, 2.45) is 0 Å². The molecule has 0 radical (unpaired) electrons. The number of rotatable bonds is 4. The zero-order chi connectivity index (χ0) is 19.0. The van der Waals surface area contributed by atoms with E-state index in [4.69, 9.17) is 16.1 Å². The molecule has 136 valence electrons. The van der Waals surface area contributed by atoms with E-state index in [9.17, 15) is 4.79 Å². The molecular formula is C19H21ClN4O2. The Bertz CT molecular complexity index is 968. The van der Waals surface area contributed by atoms with Crippen LogP contribution >= 0.6 is 11.6 Å². The van der Waals surface area contributed by atoms with Crippen LogP contribution < -0.4 is 5.32 Å². The molecule has 2 aromatic heterocycles. The van der Waals surface area contributed by atoms with Crippen molar-refractivity contribution in [2.75, 3.05) is 5.32 Å². The van der Waals surface area contributed by atoms with E-state index in [1.165, 1.54) is 0 Å². The molecule has 0 saturated carbocycles.